The molecule has 1 aliphatic rings. The predicted octanol–water partition coefficient (Wildman–Crippen LogP) is 2.49. The normalized spacial score (nSPS) is 25.5. The van der Waals surface area contributed by atoms with Crippen molar-refractivity contribution in [2.45, 2.75) is 6.92 Å². The van der Waals surface area contributed by atoms with Crippen LogP contribution >= 0.6 is 15.9 Å². The molecule has 0 bridgehead atoms. The predicted molar refractivity (Wildman–Crippen MR) is 64.0 cm³/mol. The second-order valence-electron chi connectivity index (χ2n) is 4.12. The molecule has 0 radical (unpaired) electrons. The number of Topliss-reactive ketones (excluding diaryl/α,β-unsaturated/α-hetero) is 1. The number of carbonyl (C=O) groups is 1. The molecular formula is C12H14BrNO. The maximum absolute atomic E-state index is 12.1. The fourth-order valence-electron chi connectivity index (χ4n) is 2.02. The van der Waals surface area contributed by atoms with Gasteiger partial charge in [0, 0.05) is 22.5 Å². The molecule has 1 N–H and O–H groups in total. The van der Waals surface area contributed by atoms with Crippen LogP contribution in [0.3, 0.4) is 0 Å². The third kappa shape index (κ3) is 2.29. The zero-order valence-electron chi connectivity index (χ0n) is 8.66. The lowest BCUT2D eigenvalue weighted by Crippen LogP contribution is -2.21. The van der Waals surface area contributed by atoms with E-state index in [1.807, 2.05) is 24.3 Å². The highest BCUT2D eigenvalue weighted by Crippen LogP contribution is 2.22. The zero-order valence-corrected chi connectivity index (χ0v) is 10.3. The Labute approximate surface area is 98.2 Å². The molecule has 1 fully saturated rings. The van der Waals surface area contributed by atoms with Crippen LogP contribution in [-0.2, 0) is 0 Å². The van der Waals surface area contributed by atoms with Crippen LogP contribution in [0.4, 0.5) is 0 Å². The lowest BCUT2D eigenvalue weighted by Gasteiger charge is -2.12. The van der Waals surface area contributed by atoms with E-state index in [4.69, 9.17) is 0 Å². The molecule has 1 heterocycles. The van der Waals surface area contributed by atoms with Crippen LogP contribution in [0.1, 0.15) is 17.3 Å². The van der Waals surface area contributed by atoms with Crippen LogP contribution in [0.2, 0.25) is 0 Å². The SMILES string of the molecule is CC1CNCC1C(=O)c1cccc(Br)c1. The van der Waals surface area contributed by atoms with Crippen LogP contribution in [0.25, 0.3) is 0 Å². The average Bonchev–Trinajstić information content (AvgIpc) is 2.63. The molecule has 2 nitrogen and oxygen atoms in total. The number of ketones is 1. The quantitative estimate of drug-likeness (QED) is 0.835. The summed E-state index contributed by atoms with van der Waals surface area (Å²) in [5.41, 5.74) is 0.810. The first-order valence-electron chi connectivity index (χ1n) is 5.19. The van der Waals surface area contributed by atoms with E-state index in [-0.39, 0.29) is 11.7 Å². The Balaban J connectivity index is 2.20. The van der Waals surface area contributed by atoms with Gasteiger partial charge in [-0.15, -0.1) is 0 Å². The summed E-state index contributed by atoms with van der Waals surface area (Å²) in [6, 6.07) is 7.63. The van der Waals surface area contributed by atoms with Gasteiger partial charge in [0.25, 0.3) is 0 Å². The lowest BCUT2D eigenvalue weighted by atomic mass is 9.90. The summed E-state index contributed by atoms with van der Waals surface area (Å²) in [5.74, 6) is 0.838. The molecule has 0 aliphatic carbocycles. The van der Waals surface area contributed by atoms with Gasteiger partial charge in [0.2, 0.25) is 0 Å². The summed E-state index contributed by atoms with van der Waals surface area (Å²) in [6.45, 7) is 3.89. The van der Waals surface area contributed by atoms with Crippen LogP contribution in [0.15, 0.2) is 28.7 Å². The Morgan fingerprint density at radius 1 is 1.47 bits per heavy atom. The van der Waals surface area contributed by atoms with Gasteiger partial charge < -0.3 is 5.32 Å². The average molecular weight is 268 g/mol. The number of carbonyl (C=O) groups excluding carboxylic acids is 1. The van der Waals surface area contributed by atoms with Gasteiger partial charge in [0.05, 0.1) is 0 Å². The molecule has 0 saturated carbocycles. The molecule has 2 unspecified atom stereocenters. The Bertz CT molecular complexity index is 378. The minimum Gasteiger partial charge on any atom is -0.316 e. The van der Waals surface area contributed by atoms with E-state index in [0.717, 1.165) is 23.1 Å². The van der Waals surface area contributed by atoms with Crippen molar-refractivity contribution in [1.82, 2.24) is 5.32 Å². The molecule has 80 valence electrons. The molecule has 1 aromatic rings. The van der Waals surface area contributed by atoms with Crippen molar-refractivity contribution in [3.8, 4) is 0 Å². The summed E-state index contributed by atoms with van der Waals surface area (Å²) in [4.78, 5) is 12.1. The first-order chi connectivity index (χ1) is 7.18. The van der Waals surface area contributed by atoms with Gasteiger partial charge >= 0.3 is 0 Å². The maximum Gasteiger partial charge on any atom is 0.167 e. The van der Waals surface area contributed by atoms with E-state index in [2.05, 4.69) is 28.2 Å². The summed E-state index contributed by atoms with van der Waals surface area (Å²) in [7, 11) is 0. The van der Waals surface area contributed by atoms with Crippen LogP contribution < -0.4 is 5.32 Å². The molecule has 0 aromatic heterocycles. The molecule has 1 aromatic carbocycles. The van der Waals surface area contributed by atoms with Gasteiger partial charge in [0.1, 0.15) is 0 Å². The smallest absolute Gasteiger partial charge is 0.167 e. The highest BCUT2D eigenvalue weighted by atomic mass is 79.9. The summed E-state index contributed by atoms with van der Waals surface area (Å²) in [6.07, 6.45) is 0. The number of hydrogen-bond acceptors (Lipinski definition) is 2. The van der Waals surface area contributed by atoms with Crippen LogP contribution in [0.5, 0.6) is 0 Å². The van der Waals surface area contributed by atoms with E-state index in [1.165, 1.54) is 0 Å². The van der Waals surface area contributed by atoms with Crippen molar-refractivity contribution in [2.75, 3.05) is 13.1 Å². The summed E-state index contributed by atoms with van der Waals surface area (Å²) in [5, 5.41) is 3.25. The van der Waals surface area contributed by atoms with Crippen molar-refractivity contribution < 1.29 is 4.79 Å². The van der Waals surface area contributed by atoms with Gasteiger partial charge in [-0.3, -0.25) is 4.79 Å². The molecule has 0 spiro atoms. The van der Waals surface area contributed by atoms with Crippen molar-refractivity contribution in [3.63, 3.8) is 0 Å². The van der Waals surface area contributed by atoms with E-state index in [9.17, 15) is 4.79 Å². The van der Waals surface area contributed by atoms with Gasteiger partial charge in [-0.2, -0.15) is 0 Å². The van der Waals surface area contributed by atoms with Crippen molar-refractivity contribution in [3.05, 3.63) is 34.3 Å². The summed E-state index contributed by atoms with van der Waals surface area (Å²) < 4.78 is 0.965. The molecule has 2 rings (SSSR count). The first kappa shape index (κ1) is 10.8. The minimum absolute atomic E-state index is 0.138. The van der Waals surface area contributed by atoms with Crippen LogP contribution in [0, 0.1) is 11.8 Å². The van der Waals surface area contributed by atoms with Gasteiger partial charge in [0.15, 0.2) is 5.78 Å². The third-order valence-electron chi connectivity index (χ3n) is 2.96. The molecule has 1 saturated heterocycles. The molecule has 2 atom stereocenters. The molecule has 3 heteroatoms. The van der Waals surface area contributed by atoms with E-state index < -0.39 is 0 Å². The minimum atomic E-state index is 0.138. The Hall–Kier alpha value is -0.670. The molecule has 0 amide bonds. The van der Waals surface area contributed by atoms with Crippen molar-refractivity contribution in [2.24, 2.45) is 11.8 Å². The number of halogens is 1. The van der Waals surface area contributed by atoms with Gasteiger partial charge in [-0.1, -0.05) is 35.0 Å². The van der Waals surface area contributed by atoms with Crippen LogP contribution in [-0.4, -0.2) is 18.9 Å². The molecule has 1 aliphatic heterocycles. The van der Waals surface area contributed by atoms with E-state index in [1.54, 1.807) is 0 Å². The second kappa shape index (κ2) is 4.45. The zero-order chi connectivity index (χ0) is 10.8. The Kier molecular flexibility index (Phi) is 3.22. The highest BCUT2D eigenvalue weighted by Gasteiger charge is 2.29. The second-order valence-corrected chi connectivity index (χ2v) is 5.03. The van der Waals surface area contributed by atoms with E-state index in [0.29, 0.717) is 5.92 Å². The Morgan fingerprint density at radius 3 is 2.87 bits per heavy atom. The standard InChI is InChI=1S/C12H14BrNO/c1-8-6-14-7-11(8)12(15)9-3-2-4-10(13)5-9/h2-5,8,11,14H,6-7H2,1H3. The molecular weight excluding hydrogens is 254 g/mol. The number of hydrogen-bond donors (Lipinski definition) is 1. The topological polar surface area (TPSA) is 29.1 Å². The van der Waals surface area contributed by atoms with Crippen molar-refractivity contribution >= 4 is 21.7 Å². The Morgan fingerprint density at radius 2 is 2.27 bits per heavy atom. The lowest BCUT2D eigenvalue weighted by molar-refractivity contribution is 0.0907. The van der Waals surface area contributed by atoms with E-state index >= 15 is 0 Å². The number of nitrogens with one attached hydrogen (secondary N) is 1. The maximum atomic E-state index is 12.1. The third-order valence-corrected chi connectivity index (χ3v) is 3.46. The first-order valence-corrected chi connectivity index (χ1v) is 5.98. The fraction of sp³-hybridized carbons (Fsp3) is 0.417. The van der Waals surface area contributed by atoms with Gasteiger partial charge in [-0.25, -0.2) is 0 Å². The largest absolute Gasteiger partial charge is 0.316 e. The van der Waals surface area contributed by atoms with Gasteiger partial charge in [-0.05, 0) is 24.6 Å². The number of benzene rings is 1. The van der Waals surface area contributed by atoms with Crippen molar-refractivity contribution in [1.29, 1.82) is 0 Å². The fourth-order valence-corrected chi connectivity index (χ4v) is 2.42. The highest BCUT2D eigenvalue weighted by molar-refractivity contribution is 9.10. The molecule has 15 heavy (non-hydrogen) atoms. The monoisotopic (exact) mass is 267 g/mol. The summed E-state index contributed by atoms with van der Waals surface area (Å²) >= 11 is 3.39. The number of rotatable bonds is 2.